The Bertz CT molecular complexity index is 1270. The molecule has 1 heterocycles. The number of amides is 2. The van der Waals surface area contributed by atoms with Crippen LogP contribution >= 0.6 is 0 Å². The minimum atomic E-state index is -1.40. The predicted octanol–water partition coefficient (Wildman–Crippen LogP) is 1.80. The Morgan fingerprint density at radius 3 is 2.35 bits per heavy atom. The molecule has 3 rings (SSSR count). The van der Waals surface area contributed by atoms with E-state index in [9.17, 15) is 28.7 Å². The molecule has 0 spiro atoms. The molecule has 3 aromatic rings. The van der Waals surface area contributed by atoms with E-state index in [-0.39, 0.29) is 18.4 Å². The summed E-state index contributed by atoms with van der Waals surface area (Å²) in [4.78, 5) is 48.5. The number of benzene rings is 2. The first kappa shape index (κ1) is 24.4. The third-order valence-corrected chi connectivity index (χ3v) is 5.12. The van der Waals surface area contributed by atoms with Crippen molar-refractivity contribution < 1.29 is 33.0 Å². The van der Waals surface area contributed by atoms with Gasteiger partial charge in [-0.15, -0.1) is 0 Å². The second-order valence-corrected chi connectivity index (χ2v) is 7.64. The molecule has 0 radical (unpaired) electrons. The van der Waals surface area contributed by atoms with Gasteiger partial charge in [-0.05, 0) is 35.4 Å². The van der Waals surface area contributed by atoms with Crippen LogP contribution in [0.1, 0.15) is 18.1 Å². The maximum atomic E-state index is 13.2. The fourth-order valence-corrected chi connectivity index (χ4v) is 3.51. The molecule has 178 valence electrons. The molecular formula is C24H23FN2O7. The molecule has 0 aliphatic carbocycles. The molecule has 0 aliphatic heterocycles. The summed E-state index contributed by atoms with van der Waals surface area (Å²) in [7, 11) is 1.45. The highest BCUT2D eigenvalue weighted by molar-refractivity contribution is 5.90. The van der Waals surface area contributed by atoms with Crippen LogP contribution < -0.4 is 21.0 Å². The summed E-state index contributed by atoms with van der Waals surface area (Å²) in [6, 6.07) is 8.82. The predicted molar refractivity (Wildman–Crippen MR) is 120 cm³/mol. The van der Waals surface area contributed by atoms with Crippen molar-refractivity contribution in [2.75, 3.05) is 7.11 Å². The molecule has 2 atom stereocenters. The van der Waals surface area contributed by atoms with Crippen molar-refractivity contribution in [3.8, 4) is 5.75 Å². The number of methoxy groups -OCH3 is 1. The van der Waals surface area contributed by atoms with Gasteiger partial charge < -0.3 is 24.9 Å². The molecule has 0 aliphatic rings. The third kappa shape index (κ3) is 6.18. The van der Waals surface area contributed by atoms with Crippen LogP contribution in [0.4, 0.5) is 4.39 Å². The fraction of sp³-hybridized carbons (Fsp3) is 0.250. The molecular weight excluding hydrogens is 447 g/mol. The molecule has 3 N–H and O–H groups in total. The van der Waals surface area contributed by atoms with E-state index in [4.69, 9.17) is 9.15 Å². The standard InChI is InChI=1S/C24H23FN2O7/c1-13(28)26-19(9-14-3-5-16(25)6-4-14)23(30)27-20(24(31)32)10-15-11-22(29)34-21-12-17(33-2)7-8-18(15)21/h3-8,11-12,19-20H,9-10H2,1-2H3,(H,26,28)(H,27,30)(H,31,32)/t19-,20+/m0/s1. The fourth-order valence-electron chi connectivity index (χ4n) is 3.51. The van der Waals surface area contributed by atoms with Gasteiger partial charge >= 0.3 is 11.6 Å². The van der Waals surface area contributed by atoms with Crippen LogP contribution in [-0.2, 0) is 27.2 Å². The molecule has 2 amide bonds. The van der Waals surface area contributed by atoms with E-state index in [1.165, 1.54) is 50.4 Å². The molecule has 9 nitrogen and oxygen atoms in total. The minimum Gasteiger partial charge on any atom is -0.497 e. The van der Waals surface area contributed by atoms with Crippen LogP contribution in [0.3, 0.4) is 0 Å². The van der Waals surface area contributed by atoms with Crippen LogP contribution in [0.15, 0.2) is 57.7 Å². The largest absolute Gasteiger partial charge is 0.497 e. The zero-order valence-corrected chi connectivity index (χ0v) is 18.5. The Kier molecular flexibility index (Phi) is 7.62. The number of carbonyl (C=O) groups excluding carboxylic acids is 2. The molecule has 0 saturated carbocycles. The highest BCUT2D eigenvalue weighted by Gasteiger charge is 2.27. The van der Waals surface area contributed by atoms with Crippen molar-refractivity contribution in [2.45, 2.75) is 31.8 Å². The van der Waals surface area contributed by atoms with Crippen molar-refractivity contribution >= 4 is 28.8 Å². The molecule has 0 bridgehead atoms. The van der Waals surface area contributed by atoms with Gasteiger partial charge in [0.2, 0.25) is 11.8 Å². The smallest absolute Gasteiger partial charge is 0.336 e. The average molecular weight is 470 g/mol. The Labute approximate surface area is 193 Å². The number of nitrogens with one attached hydrogen (secondary N) is 2. The van der Waals surface area contributed by atoms with Crippen LogP contribution in [0.25, 0.3) is 11.0 Å². The van der Waals surface area contributed by atoms with Crippen molar-refractivity contribution in [2.24, 2.45) is 0 Å². The number of hydrogen-bond donors (Lipinski definition) is 3. The Hall–Kier alpha value is -4.21. The SMILES string of the molecule is COc1ccc2c(C[C@@H](NC(=O)[C@H](Cc3ccc(F)cc3)NC(C)=O)C(=O)O)cc(=O)oc2c1. The van der Waals surface area contributed by atoms with Crippen molar-refractivity contribution in [1.29, 1.82) is 0 Å². The van der Waals surface area contributed by atoms with Gasteiger partial charge in [-0.2, -0.15) is 0 Å². The molecule has 0 fully saturated rings. The first-order valence-corrected chi connectivity index (χ1v) is 10.3. The lowest BCUT2D eigenvalue weighted by Crippen LogP contribution is -2.52. The van der Waals surface area contributed by atoms with E-state index >= 15 is 0 Å². The lowest BCUT2D eigenvalue weighted by atomic mass is 10.0. The van der Waals surface area contributed by atoms with Crippen molar-refractivity contribution in [3.05, 3.63) is 75.9 Å². The minimum absolute atomic E-state index is 0.0235. The van der Waals surface area contributed by atoms with Crippen LogP contribution in [0, 0.1) is 5.82 Å². The van der Waals surface area contributed by atoms with Gasteiger partial charge in [0.05, 0.1) is 7.11 Å². The molecule has 10 heteroatoms. The summed E-state index contributed by atoms with van der Waals surface area (Å²) in [5.41, 5.74) is 0.461. The van der Waals surface area contributed by atoms with Crippen LogP contribution in [0.5, 0.6) is 5.75 Å². The quantitative estimate of drug-likeness (QED) is 0.406. The molecule has 0 unspecified atom stereocenters. The topological polar surface area (TPSA) is 135 Å². The first-order valence-electron chi connectivity index (χ1n) is 10.3. The second kappa shape index (κ2) is 10.6. The first-order chi connectivity index (χ1) is 16.2. The van der Waals surface area contributed by atoms with E-state index in [0.29, 0.717) is 22.3 Å². The summed E-state index contributed by atoms with van der Waals surface area (Å²) in [5, 5.41) is 15.1. The zero-order chi connectivity index (χ0) is 24.8. The number of ether oxygens (including phenoxy) is 1. The number of halogens is 1. The van der Waals surface area contributed by atoms with Crippen molar-refractivity contribution in [1.82, 2.24) is 10.6 Å². The number of carbonyl (C=O) groups is 3. The van der Waals surface area contributed by atoms with E-state index in [1.807, 2.05) is 0 Å². The summed E-state index contributed by atoms with van der Waals surface area (Å²) in [6.45, 7) is 1.23. The lowest BCUT2D eigenvalue weighted by molar-refractivity contribution is -0.142. The summed E-state index contributed by atoms with van der Waals surface area (Å²) in [5.74, 6) is -2.55. The van der Waals surface area contributed by atoms with Gasteiger partial charge in [0.15, 0.2) is 0 Å². The second-order valence-electron chi connectivity index (χ2n) is 7.64. The Morgan fingerprint density at radius 2 is 1.74 bits per heavy atom. The van der Waals surface area contributed by atoms with E-state index < -0.39 is 41.3 Å². The average Bonchev–Trinajstić information content (AvgIpc) is 2.78. The number of carboxylic acid groups (broad SMARTS) is 1. The van der Waals surface area contributed by atoms with Gasteiger partial charge in [-0.1, -0.05) is 12.1 Å². The van der Waals surface area contributed by atoms with E-state index in [0.717, 1.165) is 0 Å². The number of aliphatic carboxylic acids is 1. The molecule has 1 aromatic heterocycles. The molecule has 34 heavy (non-hydrogen) atoms. The number of hydrogen-bond acceptors (Lipinski definition) is 6. The van der Waals surface area contributed by atoms with Crippen molar-refractivity contribution in [3.63, 3.8) is 0 Å². The van der Waals surface area contributed by atoms with Gasteiger partial charge in [0.1, 0.15) is 29.2 Å². The Balaban J connectivity index is 1.85. The lowest BCUT2D eigenvalue weighted by Gasteiger charge is -2.21. The van der Waals surface area contributed by atoms with Gasteiger partial charge in [0, 0.05) is 37.3 Å². The summed E-state index contributed by atoms with van der Waals surface area (Å²) < 4.78 is 23.5. The third-order valence-electron chi connectivity index (χ3n) is 5.12. The Morgan fingerprint density at radius 1 is 1.03 bits per heavy atom. The zero-order valence-electron chi connectivity index (χ0n) is 18.5. The highest BCUT2D eigenvalue weighted by atomic mass is 19.1. The molecule has 0 saturated heterocycles. The number of fused-ring (bicyclic) bond motifs is 1. The van der Waals surface area contributed by atoms with Gasteiger partial charge in [-0.25, -0.2) is 14.0 Å². The number of rotatable bonds is 9. The van der Waals surface area contributed by atoms with Crippen LogP contribution in [-0.4, -0.2) is 42.1 Å². The highest BCUT2D eigenvalue weighted by Crippen LogP contribution is 2.23. The normalized spacial score (nSPS) is 12.6. The summed E-state index contributed by atoms with van der Waals surface area (Å²) >= 11 is 0. The van der Waals surface area contributed by atoms with E-state index in [2.05, 4.69) is 10.6 Å². The van der Waals surface area contributed by atoms with Gasteiger partial charge in [-0.3, -0.25) is 9.59 Å². The van der Waals surface area contributed by atoms with Gasteiger partial charge in [0.25, 0.3) is 0 Å². The maximum Gasteiger partial charge on any atom is 0.336 e. The maximum absolute atomic E-state index is 13.2. The summed E-state index contributed by atoms with van der Waals surface area (Å²) in [6.07, 6.45) is -0.186. The monoisotopic (exact) mass is 470 g/mol. The molecule has 2 aromatic carbocycles. The van der Waals surface area contributed by atoms with E-state index in [1.54, 1.807) is 12.1 Å². The number of carboxylic acids is 1. The van der Waals surface area contributed by atoms with Crippen LogP contribution in [0.2, 0.25) is 0 Å².